The molecule has 2 aromatic carbocycles. The number of hydrogen-bond donors (Lipinski definition) is 2. The number of anilines is 1. The molecule has 1 aromatic heterocycles. The van der Waals surface area contributed by atoms with Crippen LogP contribution >= 0.6 is 0 Å². The Hall–Kier alpha value is -3.21. The normalized spacial score (nSPS) is 10.3. The molecule has 3 N–H and O–H groups in total. The molecule has 1 amide bonds. The van der Waals surface area contributed by atoms with E-state index in [9.17, 15) is 4.79 Å². The van der Waals surface area contributed by atoms with Crippen LogP contribution in [0.5, 0.6) is 0 Å². The lowest BCUT2D eigenvalue weighted by molar-refractivity contribution is 0.100. The molecular formula is C18H16N4O. The summed E-state index contributed by atoms with van der Waals surface area (Å²) in [4.78, 5) is 19.8. The average Bonchev–Trinajstić information content (AvgIpc) is 2.61. The van der Waals surface area contributed by atoms with Crippen molar-refractivity contribution >= 4 is 11.9 Å². The minimum absolute atomic E-state index is 0.427. The molecule has 1 heterocycles. The maximum absolute atomic E-state index is 11.1. The van der Waals surface area contributed by atoms with Gasteiger partial charge in [0.2, 0.25) is 11.9 Å². The number of benzene rings is 2. The molecule has 0 saturated carbocycles. The van der Waals surface area contributed by atoms with Crippen LogP contribution in [0.25, 0.3) is 11.3 Å². The Balaban J connectivity index is 1.70. The van der Waals surface area contributed by atoms with E-state index in [1.54, 1.807) is 18.3 Å². The number of nitrogens with two attached hydrogens (primary N) is 1. The van der Waals surface area contributed by atoms with Gasteiger partial charge in [-0.05, 0) is 23.8 Å². The van der Waals surface area contributed by atoms with E-state index in [0.29, 0.717) is 18.1 Å². The van der Waals surface area contributed by atoms with Crippen LogP contribution in [0.4, 0.5) is 5.95 Å². The Kier molecular flexibility index (Phi) is 4.29. The SMILES string of the molecule is NC(=O)c1ccc(CNc2nccc(-c3ccccc3)n2)cc1. The Morgan fingerprint density at radius 3 is 2.43 bits per heavy atom. The monoisotopic (exact) mass is 304 g/mol. The standard InChI is InChI=1S/C18H16N4O/c19-17(23)15-8-6-13(7-9-15)12-21-18-20-11-10-16(22-18)14-4-2-1-3-5-14/h1-11H,12H2,(H2,19,23)(H,20,21,22). The average molecular weight is 304 g/mol. The second-order valence-corrected chi connectivity index (χ2v) is 5.05. The molecule has 0 aliphatic heterocycles. The topological polar surface area (TPSA) is 80.9 Å². The summed E-state index contributed by atoms with van der Waals surface area (Å²) >= 11 is 0. The summed E-state index contributed by atoms with van der Waals surface area (Å²) in [6.45, 7) is 0.567. The first-order chi connectivity index (χ1) is 11.2. The van der Waals surface area contributed by atoms with Crippen molar-refractivity contribution in [3.63, 3.8) is 0 Å². The number of nitrogens with one attached hydrogen (secondary N) is 1. The van der Waals surface area contributed by atoms with Crippen molar-refractivity contribution in [3.8, 4) is 11.3 Å². The van der Waals surface area contributed by atoms with Crippen molar-refractivity contribution < 1.29 is 4.79 Å². The predicted molar refractivity (Wildman–Crippen MR) is 89.8 cm³/mol. The van der Waals surface area contributed by atoms with E-state index in [1.165, 1.54) is 0 Å². The Morgan fingerprint density at radius 2 is 1.74 bits per heavy atom. The largest absolute Gasteiger partial charge is 0.366 e. The van der Waals surface area contributed by atoms with Crippen LogP contribution in [0.2, 0.25) is 0 Å². The van der Waals surface area contributed by atoms with Gasteiger partial charge in [-0.2, -0.15) is 0 Å². The van der Waals surface area contributed by atoms with Crippen molar-refractivity contribution in [1.82, 2.24) is 9.97 Å². The number of hydrogen-bond acceptors (Lipinski definition) is 4. The summed E-state index contributed by atoms with van der Waals surface area (Å²) in [6, 6.07) is 18.9. The Bertz CT molecular complexity index is 801. The van der Waals surface area contributed by atoms with E-state index < -0.39 is 5.91 Å². The van der Waals surface area contributed by atoms with Gasteiger partial charge in [0.05, 0.1) is 5.69 Å². The highest BCUT2D eigenvalue weighted by atomic mass is 16.1. The highest BCUT2D eigenvalue weighted by molar-refractivity contribution is 5.92. The zero-order chi connectivity index (χ0) is 16.1. The molecule has 5 heteroatoms. The molecule has 0 radical (unpaired) electrons. The molecule has 23 heavy (non-hydrogen) atoms. The molecule has 3 rings (SSSR count). The molecule has 0 atom stereocenters. The van der Waals surface area contributed by atoms with Gasteiger partial charge in [-0.3, -0.25) is 4.79 Å². The van der Waals surface area contributed by atoms with E-state index in [1.807, 2.05) is 48.5 Å². The van der Waals surface area contributed by atoms with Gasteiger partial charge in [0.15, 0.2) is 0 Å². The maximum atomic E-state index is 11.1. The number of carbonyl (C=O) groups excluding carboxylic acids is 1. The lowest BCUT2D eigenvalue weighted by Gasteiger charge is -2.07. The van der Waals surface area contributed by atoms with Crippen molar-refractivity contribution in [2.75, 3.05) is 5.32 Å². The van der Waals surface area contributed by atoms with E-state index >= 15 is 0 Å². The first kappa shape index (κ1) is 14.7. The molecular weight excluding hydrogens is 288 g/mol. The van der Waals surface area contributed by atoms with Gasteiger partial charge in [0.1, 0.15) is 0 Å². The fourth-order valence-corrected chi connectivity index (χ4v) is 2.18. The van der Waals surface area contributed by atoms with Crippen LogP contribution in [-0.2, 0) is 6.54 Å². The zero-order valence-corrected chi connectivity index (χ0v) is 12.4. The number of primary amides is 1. The highest BCUT2D eigenvalue weighted by Gasteiger charge is 2.03. The summed E-state index contributed by atoms with van der Waals surface area (Å²) in [5, 5.41) is 3.18. The number of nitrogens with zero attached hydrogens (tertiary/aromatic N) is 2. The van der Waals surface area contributed by atoms with Crippen LogP contribution < -0.4 is 11.1 Å². The molecule has 114 valence electrons. The summed E-state index contributed by atoms with van der Waals surface area (Å²) in [7, 11) is 0. The summed E-state index contributed by atoms with van der Waals surface area (Å²) in [6.07, 6.45) is 1.73. The number of rotatable bonds is 5. The molecule has 0 aliphatic rings. The van der Waals surface area contributed by atoms with Gasteiger partial charge in [0.25, 0.3) is 0 Å². The molecule has 5 nitrogen and oxygen atoms in total. The lowest BCUT2D eigenvalue weighted by Crippen LogP contribution is -2.11. The molecule has 0 spiro atoms. The number of carbonyl (C=O) groups is 1. The minimum Gasteiger partial charge on any atom is -0.366 e. The van der Waals surface area contributed by atoms with Gasteiger partial charge < -0.3 is 11.1 Å². The van der Waals surface area contributed by atoms with Crippen molar-refractivity contribution in [2.24, 2.45) is 5.73 Å². The molecule has 0 bridgehead atoms. The predicted octanol–water partition coefficient (Wildman–Crippen LogP) is 2.85. The van der Waals surface area contributed by atoms with Gasteiger partial charge in [-0.1, -0.05) is 42.5 Å². The first-order valence-electron chi connectivity index (χ1n) is 7.23. The quantitative estimate of drug-likeness (QED) is 0.759. The summed E-state index contributed by atoms with van der Waals surface area (Å²) < 4.78 is 0. The third-order valence-electron chi connectivity index (χ3n) is 3.41. The van der Waals surface area contributed by atoms with Gasteiger partial charge in [-0.15, -0.1) is 0 Å². The molecule has 0 saturated heterocycles. The highest BCUT2D eigenvalue weighted by Crippen LogP contribution is 2.17. The Morgan fingerprint density at radius 1 is 1.00 bits per heavy atom. The van der Waals surface area contributed by atoms with Crippen molar-refractivity contribution in [1.29, 1.82) is 0 Å². The Labute approximate surface area is 134 Å². The maximum Gasteiger partial charge on any atom is 0.248 e. The molecule has 0 aliphatic carbocycles. The zero-order valence-electron chi connectivity index (χ0n) is 12.4. The number of aromatic nitrogens is 2. The smallest absolute Gasteiger partial charge is 0.248 e. The van der Waals surface area contributed by atoms with Crippen LogP contribution in [0.15, 0.2) is 66.9 Å². The van der Waals surface area contributed by atoms with Gasteiger partial charge in [0, 0.05) is 23.9 Å². The van der Waals surface area contributed by atoms with Crippen LogP contribution in [0, 0.1) is 0 Å². The second kappa shape index (κ2) is 6.70. The summed E-state index contributed by atoms with van der Waals surface area (Å²) in [5.74, 6) is 0.133. The molecule has 0 unspecified atom stereocenters. The van der Waals surface area contributed by atoms with E-state index in [2.05, 4.69) is 15.3 Å². The van der Waals surface area contributed by atoms with Crippen LogP contribution in [0.1, 0.15) is 15.9 Å². The third kappa shape index (κ3) is 3.71. The molecule has 0 fully saturated rings. The fourth-order valence-electron chi connectivity index (χ4n) is 2.18. The first-order valence-corrected chi connectivity index (χ1v) is 7.23. The lowest BCUT2D eigenvalue weighted by atomic mass is 10.1. The number of amides is 1. The third-order valence-corrected chi connectivity index (χ3v) is 3.41. The van der Waals surface area contributed by atoms with E-state index in [-0.39, 0.29) is 0 Å². The van der Waals surface area contributed by atoms with Crippen LogP contribution in [0.3, 0.4) is 0 Å². The van der Waals surface area contributed by atoms with Crippen LogP contribution in [-0.4, -0.2) is 15.9 Å². The fraction of sp³-hybridized carbons (Fsp3) is 0.0556. The van der Waals surface area contributed by atoms with E-state index in [4.69, 9.17) is 5.73 Å². The van der Waals surface area contributed by atoms with Crippen molar-refractivity contribution in [2.45, 2.75) is 6.54 Å². The van der Waals surface area contributed by atoms with E-state index in [0.717, 1.165) is 16.8 Å². The second-order valence-electron chi connectivity index (χ2n) is 5.05. The van der Waals surface area contributed by atoms with Gasteiger partial charge in [-0.25, -0.2) is 9.97 Å². The van der Waals surface area contributed by atoms with Crippen molar-refractivity contribution in [3.05, 3.63) is 78.0 Å². The molecule has 3 aromatic rings. The minimum atomic E-state index is -0.427. The van der Waals surface area contributed by atoms with Gasteiger partial charge >= 0.3 is 0 Å². The summed E-state index contributed by atoms with van der Waals surface area (Å²) in [5.41, 5.74) is 8.65.